The number of carbonyl (C=O) groups excluding carboxylic acids is 2. The number of nitrogens with zero attached hydrogens (tertiary/aromatic N) is 1. The van der Waals surface area contributed by atoms with E-state index in [-0.39, 0.29) is 18.4 Å². The first kappa shape index (κ1) is 23.9. The third-order valence-corrected chi connectivity index (χ3v) is 5.60. The molecule has 0 fully saturated rings. The monoisotopic (exact) mass is 476 g/mol. The zero-order valence-electron chi connectivity index (χ0n) is 19.8. The molecule has 0 saturated heterocycles. The molecule has 182 valence electrons. The van der Waals surface area contributed by atoms with Crippen molar-refractivity contribution in [2.45, 2.75) is 12.8 Å². The first-order valence-corrected chi connectivity index (χ1v) is 11.3. The summed E-state index contributed by atoms with van der Waals surface area (Å²) in [5.41, 5.74) is 2.23. The van der Waals surface area contributed by atoms with Gasteiger partial charge in [-0.25, -0.2) is 0 Å². The van der Waals surface area contributed by atoms with Gasteiger partial charge in [0, 0.05) is 18.2 Å². The molecule has 8 heteroatoms. The van der Waals surface area contributed by atoms with Crippen molar-refractivity contribution in [3.8, 4) is 23.0 Å². The summed E-state index contributed by atoms with van der Waals surface area (Å²) in [6, 6.07) is 20.3. The van der Waals surface area contributed by atoms with Gasteiger partial charge in [0.2, 0.25) is 5.91 Å². The minimum atomic E-state index is -0.138. The molecule has 1 N–H and O–H groups in total. The number of aryl methyl sites for hydroxylation is 1. The van der Waals surface area contributed by atoms with Crippen molar-refractivity contribution in [3.63, 3.8) is 0 Å². The predicted octanol–water partition coefficient (Wildman–Crippen LogP) is 4.08. The number of rotatable bonds is 10. The van der Waals surface area contributed by atoms with Gasteiger partial charge in [-0.15, -0.1) is 0 Å². The Morgan fingerprint density at radius 3 is 2.57 bits per heavy atom. The fourth-order valence-electron chi connectivity index (χ4n) is 3.82. The van der Waals surface area contributed by atoms with Crippen LogP contribution in [0.4, 0.5) is 11.4 Å². The maximum atomic E-state index is 12.5. The summed E-state index contributed by atoms with van der Waals surface area (Å²) < 4.78 is 21.9. The molecule has 0 spiro atoms. The van der Waals surface area contributed by atoms with Gasteiger partial charge in [-0.3, -0.25) is 9.59 Å². The summed E-state index contributed by atoms with van der Waals surface area (Å²) >= 11 is 0. The van der Waals surface area contributed by atoms with Crippen molar-refractivity contribution in [2.75, 3.05) is 44.2 Å². The highest BCUT2D eigenvalue weighted by Gasteiger charge is 2.25. The number of benzene rings is 3. The summed E-state index contributed by atoms with van der Waals surface area (Å²) in [6.07, 6.45) is 0.853. The zero-order chi connectivity index (χ0) is 24.6. The van der Waals surface area contributed by atoms with E-state index in [2.05, 4.69) is 5.32 Å². The Morgan fingerprint density at radius 1 is 1.00 bits per heavy atom. The molecule has 35 heavy (non-hydrogen) atoms. The van der Waals surface area contributed by atoms with Gasteiger partial charge in [-0.2, -0.15) is 0 Å². The van der Waals surface area contributed by atoms with Crippen LogP contribution in [0.2, 0.25) is 0 Å². The number of hydrogen-bond donors (Lipinski definition) is 1. The molecule has 1 aliphatic heterocycles. The summed E-state index contributed by atoms with van der Waals surface area (Å²) in [7, 11) is 3.17. The topological polar surface area (TPSA) is 86.3 Å². The van der Waals surface area contributed by atoms with Crippen molar-refractivity contribution in [2.24, 2.45) is 0 Å². The molecule has 0 aliphatic carbocycles. The van der Waals surface area contributed by atoms with E-state index in [0.29, 0.717) is 54.6 Å². The third kappa shape index (κ3) is 6.03. The lowest BCUT2D eigenvalue weighted by molar-refractivity contribution is -0.121. The molecule has 3 aromatic rings. The molecule has 1 aliphatic rings. The SMILES string of the molecule is COc1ccc(CCC(=O)Nc2ccc3c(c2)OCC(=O)N3CCOc2ccccc2)cc1OC. The van der Waals surface area contributed by atoms with E-state index < -0.39 is 0 Å². The molecule has 0 aromatic heterocycles. The first-order chi connectivity index (χ1) is 17.1. The van der Waals surface area contributed by atoms with E-state index in [1.54, 1.807) is 37.3 Å². The van der Waals surface area contributed by atoms with Gasteiger partial charge in [-0.05, 0) is 48.4 Å². The molecule has 0 atom stereocenters. The average molecular weight is 477 g/mol. The molecule has 0 bridgehead atoms. The van der Waals surface area contributed by atoms with Crippen molar-refractivity contribution < 1.29 is 28.5 Å². The third-order valence-electron chi connectivity index (χ3n) is 5.60. The molecule has 0 radical (unpaired) electrons. The maximum absolute atomic E-state index is 12.5. The second-order valence-corrected chi connectivity index (χ2v) is 7.92. The molecule has 2 amide bonds. The molecule has 4 rings (SSSR count). The Balaban J connectivity index is 1.34. The summed E-state index contributed by atoms with van der Waals surface area (Å²) in [5, 5.41) is 2.90. The second kappa shape index (κ2) is 11.3. The number of fused-ring (bicyclic) bond motifs is 1. The second-order valence-electron chi connectivity index (χ2n) is 7.92. The smallest absolute Gasteiger partial charge is 0.265 e. The Labute approximate surface area is 204 Å². The molecular formula is C27H28N2O6. The highest BCUT2D eigenvalue weighted by Crippen LogP contribution is 2.34. The quantitative estimate of drug-likeness (QED) is 0.475. The molecule has 0 saturated carbocycles. The molecular weight excluding hydrogens is 448 g/mol. The molecule has 3 aromatic carbocycles. The van der Waals surface area contributed by atoms with Crippen molar-refractivity contribution in [1.29, 1.82) is 0 Å². The number of carbonyl (C=O) groups is 2. The number of methoxy groups -OCH3 is 2. The van der Waals surface area contributed by atoms with Gasteiger partial charge in [0.15, 0.2) is 18.1 Å². The first-order valence-electron chi connectivity index (χ1n) is 11.3. The van der Waals surface area contributed by atoms with Crippen LogP contribution in [-0.2, 0) is 16.0 Å². The summed E-state index contributed by atoms with van der Waals surface area (Å²) in [5.74, 6) is 2.31. The van der Waals surface area contributed by atoms with Crippen LogP contribution in [0.1, 0.15) is 12.0 Å². The Bertz CT molecular complexity index is 1180. The number of para-hydroxylation sites is 1. The van der Waals surface area contributed by atoms with Crippen LogP contribution in [0.5, 0.6) is 23.0 Å². The Kier molecular flexibility index (Phi) is 7.72. The van der Waals surface area contributed by atoms with Gasteiger partial charge in [0.05, 0.1) is 26.5 Å². The van der Waals surface area contributed by atoms with E-state index in [1.807, 2.05) is 48.5 Å². The minimum absolute atomic E-state index is 0.0605. The van der Waals surface area contributed by atoms with Crippen LogP contribution >= 0.6 is 0 Å². The minimum Gasteiger partial charge on any atom is -0.493 e. The normalized spacial score (nSPS) is 12.4. The number of anilines is 2. The van der Waals surface area contributed by atoms with Crippen molar-refractivity contribution in [1.82, 2.24) is 0 Å². The van der Waals surface area contributed by atoms with Crippen molar-refractivity contribution in [3.05, 3.63) is 72.3 Å². The summed E-state index contributed by atoms with van der Waals surface area (Å²) in [4.78, 5) is 26.6. The molecule has 1 heterocycles. The van der Waals surface area contributed by atoms with E-state index in [1.165, 1.54) is 0 Å². The fraction of sp³-hybridized carbons (Fsp3) is 0.259. The number of ether oxygens (including phenoxy) is 4. The van der Waals surface area contributed by atoms with Crippen LogP contribution < -0.4 is 29.2 Å². The summed E-state index contributed by atoms with van der Waals surface area (Å²) in [6.45, 7) is 0.681. The van der Waals surface area contributed by atoms with E-state index in [4.69, 9.17) is 18.9 Å². The number of amides is 2. The Morgan fingerprint density at radius 2 is 1.80 bits per heavy atom. The van der Waals surface area contributed by atoms with E-state index in [9.17, 15) is 9.59 Å². The van der Waals surface area contributed by atoms with E-state index >= 15 is 0 Å². The lowest BCUT2D eigenvalue weighted by atomic mass is 10.1. The molecule has 0 unspecified atom stereocenters. The Hall–Kier alpha value is -4.20. The van der Waals surface area contributed by atoms with Gasteiger partial charge < -0.3 is 29.2 Å². The number of nitrogens with one attached hydrogen (secondary N) is 1. The lowest BCUT2D eigenvalue weighted by Gasteiger charge is -2.29. The van der Waals surface area contributed by atoms with Crippen LogP contribution in [0.25, 0.3) is 0 Å². The predicted molar refractivity (Wildman–Crippen MR) is 133 cm³/mol. The highest BCUT2D eigenvalue weighted by molar-refractivity contribution is 5.99. The number of hydrogen-bond acceptors (Lipinski definition) is 6. The average Bonchev–Trinajstić information content (AvgIpc) is 2.89. The van der Waals surface area contributed by atoms with Crippen LogP contribution in [0.15, 0.2) is 66.7 Å². The lowest BCUT2D eigenvalue weighted by Crippen LogP contribution is -2.41. The van der Waals surface area contributed by atoms with Crippen molar-refractivity contribution >= 4 is 23.2 Å². The van der Waals surface area contributed by atoms with Crippen LogP contribution in [-0.4, -0.2) is 45.8 Å². The van der Waals surface area contributed by atoms with Gasteiger partial charge in [-0.1, -0.05) is 24.3 Å². The van der Waals surface area contributed by atoms with E-state index in [0.717, 1.165) is 11.3 Å². The highest BCUT2D eigenvalue weighted by atomic mass is 16.5. The van der Waals surface area contributed by atoms with Crippen LogP contribution in [0, 0.1) is 0 Å². The standard InChI is InChI=1S/C27H28N2O6/c1-32-23-12-8-19(16-25(23)33-2)9-13-26(30)28-20-10-11-22-24(17-20)35-18-27(31)29(22)14-15-34-21-6-4-3-5-7-21/h3-8,10-12,16-17H,9,13-15,18H2,1-2H3,(H,28,30). The fourth-order valence-corrected chi connectivity index (χ4v) is 3.82. The van der Waals surface area contributed by atoms with Gasteiger partial charge in [0.25, 0.3) is 5.91 Å². The van der Waals surface area contributed by atoms with Crippen LogP contribution in [0.3, 0.4) is 0 Å². The van der Waals surface area contributed by atoms with Gasteiger partial charge in [0.1, 0.15) is 18.1 Å². The maximum Gasteiger partial charge on any atom is 0.265 e. The van der Waals surface area contributed by atoms with Gasteiger partial charge >= 0.3 is 0 Å². The zero-order valence-corrected chi connectivity index (χ0v) is 19.8. The molecule has 8 nitrogen and oxygen atoms in total. The largest absolute Gasteiger partial charge is 0.493 e.